The Morgan fingerprint density at radius 1 is 0.566 bits per heavy atom. The first-order valence-electron chi connectivity index (χ1n) is 17.6. The maximum absolute atomic E-state index is 13.0. The fourth-order valence-corrected chi connectivity index (χ4v) is 8.01. The molecule has 0 aliphatic carbocycles. The predicted molar refractivity (Wildman–Crippen MR) is 214 cm³/mol. The van der Waals surface area contributed by atoms with Crippen molar-refractivity contribution in [1.29, 1.82) is 0 Å². The number of benzene rings is 2. The van der Waals surface area contributed by atoms with Crippen LogP contribution in [0.5, 0.6) is 0 Å². The Balaban J connectivity index is 0.000000164. The number of piperazine rings is 2. The van der Waals surface area contributed by atoms with Crippen molar-refractivity contribution in [1.82, 2.24) is 38.5 Å². The number of aromatic nitrogens is 6. The van der Waals surface area contributed by atoms with Crippen LogP contribution in [0.2, 0.25) is 10.0 Å². The molecule has 0 amide bonds. The third kappa shape index (κ3) is 10.5. The topological polar surface area (TPSA) is 90.3 Å². The molecule has 6 aromatic rings. The Morgan fingerprint density at radius 3 is 1.47 bits per heavy atom. The summed E-state index contributed by atoms with van der Waals surface area (Å²) in [5.41, 5.74) is 4.27. The molecule has 0 saturated carbocycles. The first kappa shape index (κ1) is 37.2. The molecular formula is C38H39Cl2FN10S2. The summed E-state index contributed by atoms with van der Waals surface area (Å²) in [7, 11) is 0. The minimum absolute atomic E-state index is 0.183. The van der Waals surface area contributed by atoms with E-state index in [2.05, 4.69) is 78.6 Å². The van der Waals surface area contributed by atoms with Crippen molar-refractivity contribution < 1.29 is 4.39 Å². The number of halogens is 3. The third-order valence-corrected chi connectivity index (χ3v) is 11.2. The molecule has 8 rings (SSSR count). The van der Waals surface area contributed by atoms with Crippen molar-refractivity contribution in [3.8, 4) is 22.8 Å². The van der Waals surface area contributed by atoms with Crippen LogP contribution in [0.4, 0.5) is 14.7 Å². The molecule has 0 atom stereocenters. The van der Waals surface area contributed by atoms with E-state index in [1.807, 2.05) is 24.3 Å². The van der Waals surface area contributed by atoms with Crippen molar-refractivity contribution in [3.63, 3.8) is 0 Å². The number of anilines is 2. The van der Waals surface area contributed by atoms with Gasteiger partial charge in [0.05, 0.1) is 10.0 Å². The molecule has 274 valence electrons. The minimum Gasteiger partial charge on any atom is -0.344 e. The van der Waals surface area contributed by atoms with Crippen LogP contribution >= 0.6 is 46.3 Å². The van der Waals surface area contributed by atoms with Crippen molar-refractivity contribution in [2.24, 2.45) is 0 Å². The van der Waals surface area contributed by atoms with Crippen molar-refractivity contribution >= 4 is 56.5 Å². The molecule has 0 spiro atoms. The molecule has 0 radical (unpaired) electrons. The fourth-order valence-electron chi connectivity index (χ4n) is 6.19. The standard InChI is InChI=1S/C19H19ClFN5S.C19H20ClN5S/c20-16-11-15(12-22-13-16)18-23-19(27-24-18)26-9-7-25(8-10-26)6-5-14-1-3-17(21)4-2-14;20-17-12-16(13-21-14-17)18-22-19(26-23-18)25-10-8-24(9-11-25)7-6-15-4-2-1-3-5-15/h1-4,11-13H,5-10H2;1-5,12-14H,6-11H2. The largest absolute Gasteiger partial charge is 0.344 e. The van der Waals surface area contributed by atoms with E-state index in [4.69, 9.17) is 23.2 Å². The molecule has 0 unspecified atom stereocenters. The van der Waals surface area contributed by atoms with Gasteiger partial charge in [-0.2, -0.15) is 18.7 Å². The normalized spacial score (nSPS) is 15.3. The Bertz CT molecular complexity index is 2030. The molecule has 0 N–H and O–H groups in total. The van der Waals surface area contributed by atoms with Gasteiger partial charge in [0.25, 0.3) is 0 Å². The van der Waals surface area contributed by atoms with Gasteiger partial charge in [-0.3, -0.25) is 19.8 Å². The first-order valence-corrected chi connectivity index (χ1v) is 19.9. The lowest BCUT2D eigenvalue weighted by Crippen LogP contribution is -2.47. The molecule has 4 aromatic heterocycles. The van der Waals surface area contributed by atoms with E-state index in [1.165, 1.54) is 46.3 Å². The zero-order valence-corrected chi connectivity index (χ0v) is 32.2. The van der Waals surface area contributed by atoms with Gasteiger partial charge < -0.3 is 9.80 Å². The number of hydrogen-bond acceptors (Lipinski definition) is 12. The maximum atomic E-state index is 13.0. The van der Waals surface area contributed by atoms with E-state index >= 15 is 0 Å². The molecule has 10 nitrogen and oxygen atoms in total. The molecule has 0 bridgehead atoms. The van der Waals surface area contributed by atoms with Gasteiger partial charge in [0.2, 0.25) is 10.3 Å². The summed E-state index contributed by atoms with van der Waals surface area (Å²) in [6.07, 6.45) is 8.73. The van der Waals surface area contributed by atoms with E-state index in [0.29, 0.717) is 21.7 Å². The molecule has 2 aromatic carbocycles. The summed E-state index contributed by atoms with van der Waals surface area (Å²) in [5, 5.41) is 3.09. The maximum Gasteiger partial charge on any atom is 0.205 e. The summed E-state index contributed by atoms with van der Waals surface area (Å²) in [5.74, 6) is 1.19. The number of rotatable bonds is 10. The zero-order valence-electron chi connectivity index (χ0n) is 29.1. The third-order valence-electron chi connectivity index (χ3n) is 9.23. The number of nitrogens with zero attached hydrogens (tertiary/aromatic N) is 10. The van der Waals surface area contributed by atoms with E-state index in [9.17, 15) is 4.39 Å². The monoisotopic (exact) mass is 788 g/mol. The highest BCUT2D eigenvalue weighted by molar-refractivity contribution is 7.10. The first-order chi connectivity index (χ1) is 25.9. The highest BCUT2D eigenvalue weighted by atomic mass is 35.5. The van der Waals surface area contributed by atoms with E-state index in [1.54, 1.807) is 24.8 Å². The second-order valence-corrected chi connectivity index (χ2v) is 15.2. The smallest absolute Gasteiger partial charge is 0.205 e. The minimum atomic E-state index is -0.183. The Hall–Kier alpha value is -4.11. The predicted octanol–water partition coefficient (Wildman–Crippen LogP) is 7.38. The van der Waals surface area contributed by atoms with Crippen LogP contribution in [0.15, 0.2) is 91.5 Å². The van der Waals surface area contributed by atoms with Crippen LogP contribution in [0, 0.1) is 5.82 Å². The fraction of sp³-hybridized carbons (Fsp3) is 0.316. The molecule has 53 heavy (non-hydrogen) atoms. The lowest BCUT2D eigenvalue weighted by atomic mass is 10.1. The molecule has 6 heterocycles. The molecule has 2 fully saturated rings. The molecule has 2 aliphatic heterocycles. The van der Waals surface area contributed by atoms with Gasteiger partial charge >= 0.3 is 0 Å². The summed E-state index contributed by atoms with van der Waals surface area (Å²) in [4.78, 5) is 27.1. The molecule has 15 heteroatoms. The summed E-state index contributed by atoms with van der Waals surface area (Å²) < 4.78 is 21.9. The van der Waals surface area contributed by atoms with Crippen LogP contribution in [-0.4, -0.2) is 104 Å². The van der Waals surface area contributed by atoms with Crippen LogP contribution < -0.4 is 9.80 Å². The number of pyridine rings is 2. The Labute approximate surface area is 327 Å². The van der Waals surface area contributed by atoms with E-state index in [-0.39, 0.29) is 5.82 Å². The average molecular weight is 790 g/mol. The number of hydrogen-bond donors (Lipinski definition) is 0. The van der Waals surface area contributed by atoms with E-state index < -0.39 is 0 Å². The SMILES string of the molecule is Clc1cncc(-c2nsc(N3CCN(CCc4ccccc4)CC3)n2)c1.Fc1ccc(CCN2CCN(c3nc(-c4cncc(Cl)c4)ns3)CC2)cc1. The zero-order chi connectivity index (χ0) is 36.4. The van der Waals surface area contributed by atoms with Gasteiger partial charge in [0.1, 0.15) is 5.82 Å². The van der Waals surface area contributed by atoms with Gasteiger partial charge in [0.15, 0.2) is 11.6 Å². The van der Waals surface area contributed by atoms with E-state index in [0.717, 1.165) is 99.7 Å². The summed E-state index contributed by atoms with van der Waals surface area (Å²) in [6.45, 7) is 9.97. The van der Waals surface area contributed by atoms with Gasteiger partial charge in [-0.05, 0) is 48.2 Å². The quantitative estimate of drug-likeness (QED) is 0.140. The second kappa shape index (κ2) is 18.3. The van der Waals surface area contributed by atoms with Crippen LogP contribution in [-0.2, 0) is 12.8 Å². The van der Waals surface area contributed by atoms with Gasteiger partial charge in [0, 0.05) is 124 Å². The second-order valence-electron chi connectivity index (χ2n) is 12.9. The van der Waals surface area contributed by atoms with Crippen molar-refractivity contribution in [2.45, 2.75) is 12.8 Å². The van der Waals surface area contributed by atoms with Gasteiger partial charge in [-0.25, -0.2) is 4.39 Å². The Kier molecular flexibility index (Phi) is 12.8. The molecular weight excluding hydrogens is 751 g/mol. The van der Waals surface area contributed by atoms with Crippen LogP contribution in [0.25, 0.3) is 22.8 Å². The van der Waals surface area contributed by atoms with Gasteiger partial charge in [-0.1, -0.05) is 65.7 Å². The van der Waals surface area contributed by atoms with Crippen LogP contribution in [0.1, 0.15) is 11.1 Å². The highest BCUT2D eigenvalue weighted by Gasteiger charge is 2.22. The highest BCUT2D eigenvalue weighted by Crippen LogP contribution is 2.27. The lowest BCUT2D eigenvalue weighted by molar-refractivity contribution is 0.261. The summed E-state index contributed by atoms with van der Waals surface area (Å²) in [6, 6.07) is 21.1. The lowest BCUT2D eigenvalue weighted by Gasteiger charge is -2.34. The average Bonchev–Trinajstić information content (AvgIpc) is 3.90. The van der Waals surface area contributed by atoms with Crippen molar-refractivity contribution in [2.75, 3.05) is 75.2 Å². The van der Waals surface area contributed by atoms with Crippen LogP contribution in [0.3, 0.4) is 0 Å². The molecule has 2 aliphatic rings. The summed E-state index contributed by atoms with van der Waals surface area (Å²) >= 11 is 14.9. The van der Waals surface area contributed by atoms with Gasteiger partial charge in [-0.15, -0.1) is 0 Å². The Morgan fingerprint density at radius 2 is 1.02 bits per heavy atom. The van der Waals surface area contributed by atoms with Crippen molar-refractivity contribution in [3.05, 3.63) is 119 Å². The molecule has 2 saturated heterocycles.